The molecule has 0 amide bonds. The number of anilines is 1. The average Bonchev–Trinajstić information content (AvgIpc) is 2.73. The summed E-state index contributed by atoms with van der Waals surface area (Å²) in [6.07, 6.45) is 3.74. The maximum atomic E-state index is 10.2. The predicted molar refractivity (Wildman–Crippen MR) is 65.1 cm³/mol. The maximum absolute atomic E-state index is 10.2. The quantitative estimate of drug-likeness (QED) is 0.640. The van der Waals surface area contributed by atoms with Gasteiger partial charge in [-0.2, -0.15) is 0 Å². The van der Waals surface area contributed by atoms with Crippen molar-refractivity contribution >= 4 is 11.8 Å². The van der Waals surface area contributed by atoms with E-state index >= 15 is 0 Å². The summed E-state index contributed by atoms with van der Waals surface area (Å²) in [4.78, 5) is 11.6. The predicted octanol–water partition coefficient (Wildman–Crippen LogP) is 1.85. The number of aliphatic hydroxyl groups excluding tert-OH is 1. The van der Waals surface area contributed by atoms with E-state index in [1.807, 2.05) is 17.0 Å². The molecule has 1 heterocycles. The fraction of sp³-hybridized carbons (Fsp3) is 0.333. The Morgan fingerprint density at radius 1 is 1.41 bits per heavy atom. The summed E-state index contributed by atoms with van der Waals surface area (Å²) < 4.78 is 0. The van der Waals surface area contributed by atoms with Crippen LogP contribution >= 0.6 is 0 Å². The van der Waals surface area contributed by atoms with E-state index in [2.05, 4.69) is 0 Å². The molecule has 90 valence electrons. The minimum atomic E-state index is -0.488. The van der Waals surface area contributed by atoms with Crippen molar-refractivity contribution in [2.45, 2.75) is 19.1 Å². The van der Waals surface area contributed by atoms with Crippen molar-refractivity contribution in [3.05, 3.63) is 46.1 Å². The number of hydrogen-bond acceptors (Lipinski definition) is 4. The molecule has 1 aromatic carbocycles. The van der Waals surface area contributed by atoms with Gasteiger partial charge in [-0.1, -0.05) is 12.1 Å². The first-order valence-corrected chi connectivity index (χ1v) is 5.53. The summed E-state index contributed by atoms with van der Waals surface area (Å²) in [6, 6.07) is 7.35. The molecule has 1 N–H and O–H groups in total. The van der Waals surface area contributed by atoms with Crippen LogP contribution in [0.2, 0.25) is 0 Å². The molecule has 1 fully saturated rings. The van der Waals surface area contributed by atoms with Crippen molar-refractivity contribution in [2.24, 2.45) is 0 Å². The van der Waals surface area contributed by atoms with Crippen LogP contribution in [0.15, 0.2) is 30.5 Å². The Kier molecular flexibility index (Phi) is 3.39. The Bertz CT molecular complexity index is 428. The topological polar surface area (TPSA) is 66.6 Å². The molecule has 1 saturated heterocycles. The van der Waals surface area contributed by atoms with E-state index < -0.39 is 11.2 Å². The largest absolute Gasteiger partial charge is 0.374 e. The lowest BCUT2D eigenvalue weighted by atomic mass is 10.2. The smallest absolute Gasteiger partial charge is 0.235 e. The molecule has 0 unspecified atom stereocenters. The third-order valence-electron chi connectivity index (χ3n) is 2.83. The molecule has 0 bridgehead atoms. The van der Waals surface area contributed by atoms with Crippen molar-refractivity contribution < 1.29 is 10.0 Å². The van der Waals surface area contributed by atoms with Crippen LogP contribution < -0.4 is 4.90 Å². The van der Waals surface area contributed by atoms with E-state index in [1.165, 1.54) is 6.08 Å². The Morgan fingerprint density at radius 3 is 2.65 bits per heavy atom. The molecule has 0 spiro atoms. The minimum absolute atomic E-state index is 0.407. The second-order valence-electron chi connectivity index (χ2n) is 4.01. The van der Waals surface area contributed by atoms with Gasteiger partial charge in [0.1, 0.15) is 6.23 Å². The summed E-state index contributed by atoms with van der Waals surface area (Å²) in [5.74, 6) is 0. The standard InChI is InChI=1S/C12H14N2O3/c15-12-2-1-8-13(12)11-5-3-10(4-6-11)7-9-14(16)17/h3-7,9,12,15H,1-2,8H2/b9-7+/t12-/m0/s1. The molecule has 1 aliphatic heterocycles. The second-order valence-corrected chi connectivity index (χ2v) is 4.01. The zero-order valence-corrected chi connectivity index (χ0v) is 9.32. The van der Waals surface area contributed by atoms with E-state index in [0.717, 1.165) is 36.8 Å². The highest BCUT2D eigenvalue weighted by Crippen LogP contribution is 2.24. The van der Waals surface area contributed by atoms with Gasteiger partial charge >= 0.3 is 0 Å². The van der Waals surface area contributed by atoms with Crippen LogP contribution in [0, 0.1) is 10.1 Å². The van der Waals surface area contributed by atoms with Gasteiger partial charge < -0.3 is 10.0 Å². The van der Waals surface area contributed by atoms with Gasteiger partial charge in [0.05, 0.1) is 4.92 Å². The maximum Gasteiger partial charge on any atom is 0.235 e. The first-order chi connectivity index (χ1) is 8.16. The molecule has 0 radical (unpaired) electrons. The zero-order chi connectivity index (χ0) is 12.3. The van der Waals surface area contributed by atoms with E-state index in [0.29, 0.717) is 0 Å². The molecule has 0 aromatic heterocycles. The van der Waals surface area contributed by atoms with Gasteiger partial charge in [0.15, 0.2) is 0 Å². The highest BCUT2D eigenvalue weighted by atomic mass is 16.6. The van der Waals surface area contributed by atoms with Crippen LogP contribution in [-0.4, -0.2) is 22.8 Å². The molecular weight excluding hydrogens is 220 g/mol. The number of nitro groups is 1. The summed E-state index contributed by atoms with van der Waals surface area (Å²) >= 11 is 0. The minimum Gasteiger partial charge on any atom is -0.374 e. The first-order valence-electron chi connectivity index (χ1n) is 5.53. The number of benzene rings is 1. The number of aliphatic hydroxyl groups is 1. The summed E-state index contributed by atoms with van der Waals surface area (Å²) in [7, 11) is 0. The van der Waals surface area contributed by atoms with Crippen molar-refractivity contribution in [2.75, 3.05) is 11.4 Å². The molecule has 2 rings (SSSR count). The molecule has 1 aromatic rings. The van der Waals surface area contributed by atoms with Crippen molar-refractivity contribution in [3.63, 3.8) is 0 Å². The van der Waals surface area contributed by atoms with Crippen LogP contribution in [0.25, 0.3) is 6.08 Å². The van der Waals surface area contributed by atoms with Gasteiger partial charge in [0, 0.05) is 18.3 Å². The van der Waals surface area contributed by atoms with E-state index in [9.17, 15) is 15.2 Å². The highest BCUT2D eigenvalue weighted by molar-refractivity contribution is 5.55. The summed E-state index contributed by atoms with van der Waals surface area (Å²) in [5.41, 5.74) is 1.73. The second kappa shape index (κ2) is 4.97. The van der Waals surface area contributed by atoms with Crippen LogP contribution in [0.1, 0.15) is 18.4 Å². The fourth-order valence-electron chi connectivity index (χ4n) is 1.97. The van der Waals surface area contributed by atoms with Crippen molar-refractivity contribution in [1.29, 1.82) is 0 Å². The lowest BCUT2D eigenvalue weighted by molar-refractivity contribution is -0.400. The third kappa shape index (κ3) is 2.82. The van der Waals surface area contributed by atoms with Gasteiger partial charge in [-0.05, 0) is 30.5 Å². The molecule has 5 nitrogen and oxygen atoms in total. The van der Waals surface area contributed by atoms with Crippen LogP contribution in [0.3, 0.4) is 0 Å². The van der Waals surface area contributed by atoms with Gasteiger partial charge in [-0.15, -0.1) is 0 Å². The van der Waals surface area contributed by atoms with Crippen LogP contribution in [0.4, 0.5) is 5.69 Å². The molecule has 1 atom stereocenters. The Labute approximate surface area is 99.1 Å². The van der Waals surface area contributed by atoms with Crippen LogP contribution in [0.5, 0.6) is 0 Å². The molecule has 17 heavy (non-hydrogen) atoms. The molecule has 5 heteroatoms. The lowest BCUT2D eigenvalue weighted by Gasteiger charge is -2.22. The van der Waals surface area contributed by atoms with Gasteiger partial charge in [0.25, 0.3) is 0 Å². The number of rotatable bonds is 3. The highest BCUT2D eigenvalue weighted by Gasteiger charge is 2.21. The molecule has 0 saturated carbocycles. The number of hydrogen-bond donors (Lipinski definition) is 1. The molecular formula is C12H14N2O3. The normalized spacial score (nSPS) is 20.1. The van der Waals surface area contributed by atoms with Gasteiger partial charge in [-0.25, -0.2) is 0 Å². The van der Waals surface area contributed by atoms with Gasteiger partial charge in [0.2, 0.25) is 6.20 Å². The molecule has 0 aliphatic carbocycles. The monoisotopic (exact) mass is 234 g/mol. The van der Waals surface area contributed by atoms with E-state index in [-0.39, 0.29) is 0 Å². The van der Waals surface area contributed by atoms with Gasteiger partial charge in [-0.3, -0.25) is 10.1 Å². The van der Waals surface area contributed by atoms with Crippen molar-refractivity contribution in [3.8, 4) is 0 Å². The van der Waals surface area contributed by atoms with E-state index in [1.54, 1.807) is 12.1 Å². The Balaban J connectivity index is 2.10. The lowest BCUT2D eigenvalue weighted by Crippen LogP contribution is -2.28. The first kappa shape index (κ1) is 11.6. The summed E-state index contributed by atoms with van der Waals surface area (Å²) in [5, 5.41) is 19.9. The summed E-state index contributed by atoms with van der Waals surface area (Å²) in [6.45, 7) is 0.852. The SMILES string of the molecule is O=[N+]([O-])/C=C/c1ccc(N2CCC[C@@H]2O)cc1. The fourth-order valence-corrected chi connectivity index (χ4v) is 1.97. The van der Waals surface area contributed by atoms with E-state index in [4.69, 9.17) is 0 Å². The number of nitrogens with zero attached hydrogens (tertiary/aromatic N) is 2. The zero-order valence-electron chi connectivity index (χ0n) is 9.32. The van der Waals surface area contributed by atoms with Crippen LogP contribution in [-0.2, 0) is 0 Å². The third-order valence-corrected chi connectivity index (χ3v) is 2.83. The van der Waals surface area contributed by atoms with Crippen molar-refractivity contribution in [1.82, 2.24) is 0 Å². The Morgan fingerprint density at radius 2 is 2.12 bits per heavy atom. The Hall–Kier alpha value is -1.88. The average molecular weight is 234 g/mol. The molecule has 1 aliphatic rings.